The Morgan fingerprint density at radius 3 is 3.00 bits per heavy atom. The minimum Gasteiger partial charge on any atom is -0.398 e. The summed E-state index contributed by atoms with van der Waals surface area (Å²) in [6.45, 7) is 0.955. The van der Waals surface area contributed by atoms with E-state index in [1.165, 1.54) is 0 Å². The van der Waals surface area contributed by atoms with Crippen LogP contribution in [0.25, 0.3) is 6.08 Å². The minimum atomic E-state index is 0.532. The molecule has 1 aromatic carbocycles. The number of nitrogens with one attached hydrogen (secondary N) is 1. The Morgan fingerprint density at radius 2 is 2.33 bits per heavy atom. The summed E-state index contributed by atoms with van der Waals surface area (Å²) < 4.78 is 0. The van der Waals surface area contributed by atoms with Crippen LogP contribution >= 0.6 is 0 Å². The lowest BCUT2D eigenvalue weighted by atomic mass is 10.1. The van der Waals surface area contributed by atoms with E-state index >= 15 is 0 Å². The Kier molecular flexibility index (Phi) is 4.39. The average Bonchev–Trinajstić information content (AvgIpc) is 2.26. The van der Waals surface area contributed by atoms with Gasteiger partial charge in [0, 0.05) is 5.69 Å². The molecule has 0 saturated carbocycles. The zero-order valence-electron chi connectivity index (χ0n) is 8.83. The van der Waals surface area contributed by atoms with Crippen molar-refractivity contribution in [3.05, 3.63) is 35.4 Å². The molecule has 0 fully saturated rings. The normalized spacial score (nSPS) is 10.4. The van der Waals surface area contributed by atoms with Crippen LogP contribution < -0.4 is 11.1 Å². The molecule has 0 aromatic heterocycles. The van der Waals surface area contributed by atoms with E-state index in [2.05, 4.69) is 17.5 Å². The topological polar surface area (TPSA) is 61.8 Å². The lowest BCUT2D eigenvalue weighted by Crippen LogP contribution is -2.05. The fourth-order valence-electron chi connectivity index (χ4n) is 1.22. The summed E-state index contributed by atoms with van der Waals surface area (Å²) in [6, 6.07) is 7.53. The molecule has 3 heteroatoms. The number of nitrogens with zero attached hydrogens (tertiary/aromatic N) is 1. The van der Waals surface area contributed by atoms with E-state index in [4.69, 9.17) is 11.0 Å². The first kappa shape index (κ1) is 11.3. The molecule has 78 valence electrons. The fourth-order valence-corrected chi connectivity index (χ4v) is 1.22. The molecule has 0 aliphatic rings. The van der Waals surface area contributed by atoms with Gasteiger partial charge in [0.2, 0.25) is 0 Å². The molecule has 0 amide bonds. The molecule has 1 rings (SSSR count). The van der Waals surface area contributed by atoms with Crippen molar-refractivity contribution in [3.8, 4) is 6.07 Å². The molecular formula is C12H15N3. The van der Waals surface area contributed by atoms with Crippen molar-refractivity contribution >= 4 is 11.8 Å². The molecule has 0 saturated heterocycles. The van der Waals surface area contributed by atoms with Gasteiger partial charge in [0.25, 0.3) is 0 Å². The van der Waals surface area contributed by atoms with E-state index in [-0.39, 0.29) is 0 Å². The summed E-state index contributed by atoms with van der Waals surface area (Å²) in [6.07, 6.45) is 5.05. The quantitative estimate of drug-likeness (QED) is 0.576. The molecule has 0 aliphatic heterocycles. The number of hydrogen-bond donors (Lipinski definition) is 2. The van der Waals surface area contributed by atoms with Crippen LogP contribution in [0.1, 0.15) is 17.5 Å². The van der Waals surface area contributed by atoms with E-state index in [1.807, 2.05) is 19.2 Å². The predicted molar refractivity (Wildman–Crippen MR) is 63.1 cm³/mol. The predicted octanol–water partition coefficient (Wildman–Crippen LogP) is 1.76. The van der Waals surface area contributed by atoms with Gasteiger partial charge in [-0.05, 0) is 37.7 Å². The molecule has 0 radical (unpaired) electrons. The third-order valence-electron chi connectivity index (χ3n) is 2.07. The monoisotopic (exact) mass is 201 g/mol. The lowest BCUT2D eigenvalue weighted by molar-refractivity contribution is 0.809. The highest BCUT2D eigenvalue weighted by molar-refractivity contribution is 5.61. The molecule has 0 unspecified atom stereocenters. The molecule has 0 bridgehead atoms. The summed E-state index contributed by atoms with van der Waals surface area (Å²) in [5, 5.41) is 11.9. The van der Waals surface area contributed by atoms with Gasteiger partial charge in [-0.15, -0.1) is 0 Å². The van der Waals surface area contributed by atoms with Crippen molar-refractivity contribution in [2.24, 2.45) is 0 Å². The Labute approximate surface area is 90.2 Å². The van der Waals surface area contributed by atoms with Gasteiger partial charge in [-0.25, -0.2) is 0 Å². The number of benzene rings is 1. The van der Waals surface area contributed by atoms with Gasteiger partial charge in [-0.1, -0.05) is 18.2 Å². The number of nitrogen functional groups attached to an aromatic ring is 1. The molecule has 0 spiro atoms. The van der Waals surface area contributed by atoms with Gasteiger partial charge in [-0.2, -0.15) is 5.26 Å². The van der Waals surface area contributed by atoms with E-state index in [0.717, 1.165) is 18.5 Å². The summed E-state index contributed by atoms with van der Waals surface area (Å²) in [7, 11) is 1.92. The number of nitrogens with two attached hydrogens (primary N) is 1. The SMILES string of the molecule is CNCCC=Cc1ccc(N)c(C#N)c1. The molecule has 3 N–H and O–H groups in total. The van der Waals surface area contributed by atoms with E-state index in [1.54, 1.807) is 12.1 Å². The lowest BCUT2D eigenvalue weighted by Gasteiger charge is -1.98. The molecule has 0 heterocycles. The fraction of sp³-hybridized carbons (Fsp3) is 0.250. The number of nitriles is 1. The molecule has 1 aromatic rings. The second kappa shape index (κ2) is 5.84. The smallest absolute Gasteiger partial charge is 0.101 e. The molecular weight excluding hydrogens is 186 g/mol. The summed E-state index contributed by atoms with van der Waals surface area (Å²) in [5.41, 5.74) is 7.70. The van der Waals surface area contributed by atoms with Gasteiger partial charge in [0.15, 0.2) is 0 Å². The van der Waals surface area contributed by atoms with Crippen molar-refractivity contribution in [3.63, 3.8) is 0 Å². The minimum absolute atomic E-state index is 0.532. The Balaban J connectivity index is 2.71. The van der Waals surface area contributed by atoms with Gasteiger partial charge < -0.3 is 11.1 Å². The van der Waals surface area contributed by atoms with Crippen molar-refractivity contribution < 1.29 is 0 Å². The third kappa shape index (κ3) is 3.45. The maximum absolute atomic E-state index is 8.79. The highest BCUT2D eigenvalue weighted by Crippen LogP contribution is 2.14. The number of anilines is 1. The highest BCUT2D eigenvalue weighted by atomic mass is 14.8. The Bertz CT molecular complexity index is 388. The molecule has 15 heavy (non-hydrogen) atoms. The van der Waals surface area contributed by atoms with E-state index in [9.17, 15) is 0 Å². The summed E-state index contributed by atoms with van der Waals surface area (Å²) in [5.74, 6) is 0. The largest absolute Gasteiger partial charge is 0.398 e. The zero-order chi connectivity index (χ0) is 11.1. The average molecular weight is 201 g/mol. The first-order valence-corrected chi connectivity index (χ1v) is 4.88. The van der Waals surface area contributed by atoms with Gasteiger partial charge in [0.05, 0.1) is 5.56 Å². The van der Waals surface area contributed by atoms with E-state index < -0.39 is 0 Å². The first-order valence-electron chi connectivity index (χ1n) is 4.88. The Morgan fingerprint density at radius 1 is 1.53 bits per heavy atom. The molecule has 0 atom stereocenters. The van der Waals surface area contributed by atoms with Crippen LogP contribution in [0.3, 0.4) is 0 Å². The second-order valence-corrected chi connectivity index (χ2v) is 3.25. The van der Waals surface area contributed by atoms with Crippen molar-refractivity contribution in [1.82, 2.24) is 5.32 Å². The van der Waals surface area contributed by atoms with Crippen LogP contribution in [0.5, 0.6) is 0 Å². The molecule has 3 nitrogen and oxygen atoms in total. The summed E-state index contributed by atoms with van der Waals surface area (Å²) >= 11 is 0. The third-order valence-corrected chi connectivity index (χ3v) is 2.07. The van der Waals surface area contributed by atoms with Crippen molar-refractivity contribution in [1.29, 1.82) is 5.26 Å². The van der Waals surface area contributed by atoms with Crippen molar-refractivity contribution in [2.45, 2.75) is 6.42 Å². The standard InChI is InChI=1S/C12H15N3/c1-15-7-3-2-4-10-5-6-12(14)11(8-10)9-13/h2,4-6,8,15H,3,7,14H2,1H3. The van der Waals surface area contributed by atoms with Crippen LogP contribution in [0.15, 0.2) is 24.3 Å². The summed E-state index contributed by atoms with van der Waals surface area (Å²) in [4.78, 5) is 0. The number of hydrogen-bond acceptors (Lipinski definition) is 3. The van der Waals surface area contributed by atoms with Crippen LogP contribution in [0.2, 0.25) is 0 Å². The maximum atomic E-state index is 8.79. The second-order valence-electron chi connectivity index (χ2n) is 3.25. The van der Waals surface area contributed by atoms with Gasteiger partial charge >= 0.3 is 0 Å². The maximum Gasteiger partial charge on any atom is 0.101 e. The number of rotatable bonds is 4. The highest BCUT2D eigenvalue weighted by Gasteiger charge is 1.97. The van der Waals surface area contributed by atoms with Crippen LogP contribution in [0.4, 0.5) is 5.69 Å². The zero-order valence-corrected chi connectivity index (χ0v) is 8.83. The van der Waals surface area contributed by atoms with E-state index in [0.29, 0.717) is 11.3 Å². The van der Waals surface area contributed by atoms with Gasteiger partial charge in [0.1, 0.15) is 6.07 Å². The molecule has 0 aliphatic carbocycles. The van der Waals surface area contributed by atoms with Gasteiger partial charge in [-0.3, -0.25) is 0 Å². The Hall–Kier alpha value is -1.79. The first-order chi connectivity index (χ1) is 7.27. The van der Waals surface area contributed by atoms with Crippen molar-refractivity contribution in [2.75, 3.05) is 19.3 Å². The van der Waals surface area contributed by atoms with Crippen LogP contribution in [0, 0.1) is 11.3 Å². The van der Waals surface area contributed by atoms with Crippen LogP contribution in [-0.2, 0) is 0 Å². The van der Waals surface area contributed by atoms with Crippen LogP contribution in [-0.4, -0.2) is 13.6 Å².